The molecule has 0 atom stereocenters. The predicted octanol–water partition coefficient (Wildman–Crippen LogP) is 3.00. The van der Waals surface area contributed by atoms with E-state index in [0.29, 0.717) is 6.54 Å². The van der Waals surface area contributed by atoms with Gasteiger partial charge in [-0.2, -0.15) is 0 Å². The maximum atomic E-state index is 11.8. The smallest absolute Gasteiger partial charge is 0.223 e. The van der Waals surface area contributed by atoms with Crippen molar-refractivity contribution in [3.8, 4) is 0 Å². The quantitative estimate of drug-likeness (QED) is 0.794. The number of nitrogens with one attached hydrogen (secondary N) is 2. The fraction of sp³-hybridized carbons (Fsp3) is 0.526. The zero-order valence-electron chi connectivity index (χ0n) is 13.4. The van der Waals surface area contributed by atoms with Crippen LogP contribution in [0.1, 0.15) is 49.7 Å². The van der Waals surface area contributed by atoms with Gasteiger partial charge in [0.1, 0.15) is 0 Å². The van der Waals surface area contributed by atoms with Crippen LogP contribution in [-0.4, -0.2) is 22.5 Å². The van der Waals surface area contributed by atoms with Crippen LogP contribution in [0.15, 0.2) is 24.4 Å². The van der Waals surface area contributed by atoms with E-state index in [4.69, 9.17) is 0 Å². The number of aromatic amines is 1. The first-order chi connectivity index (χ1) is 11.2. The van der Waals surface area contributed by atoms with Gasteiger partial charge in [-0.05, 0) is 49.3 Å². The second kappa shape index (κ2) is 5.68. The van der Waals surface area contributed by atoms with Gasteiger partial charge in [0.15, 0.2) is 0 Å². The number of carbonyl (C=O) groups excluding carboxylic acids is 1. The molecule has 4 heteroatoms. The Hall–Kier alpha value is -1.81. The van der Waals surface area contributed by atoms with E-state index in [1.807, 2.05) is 12.3 Å². The predicted molar refractivity (Wildman–Crippen MR) is 90.1 cm³/mol. The molecule has 4 rings (SSSR count). The van der Waals surface area contributed by atoms with Crippen molar-refractivity contribution in [2.75, 3.05) is 6.54 Å². The summed E-state index contributed by atoms with van der Waals surface area (Å²) < 4.78 is 0. The number of carbonyl (C=O) groups is 1. The number of rotatable bonds is 5. The van der Waals surface area contributed by atoms with E-state index in [1.165, 1.54) is 5.56 Å². The summed E-state index contributed by atoms with van der Waals surface area (Å²) >= 11 is 0. The van der Waals surface area contributed by atoms with E-state index >= 15 is 0 Å². The molecular weight excluding hydrogens is 288 g/mol. The summed E-state index contributed by atoms with van der Waals surface area (Å²) in [5, 5.41) is 15.2. The SMILES string of the molecule is O=C(NCCc1c[nH]c2cccc(C3(O)CCCC3)c12)C1CC1. The summed E-state index contributed by atoms with van der Waals surface area (Å²) in [7, 11) is 0. The van der Waals surface area contributed by atoms with Gasteiger partial charge >= 0.3 is 0 Å². The van der Waals surface area contributed by atoms with Crippen LogP contribution in [0.5, 0.6) is 0 Å². The van der Waals surface area contributed by atoms with Crippen LogP contribution in [-0.2, 0) is 16.8 Å². The molecule has 122 valence electrons. The normalized spacial score (nSPS) is 20.0. The van der Waals surface area contributed by atoms with Crippen LogP contribution in [0, 0.1) is 5.92 Å². The molecule has 0 radical (unpaired) electrons. The molecule has 0 unspecified atom stereocenters. The molecule has 0 spiro atoms. The van der Waals surface area contributed by atoms with E-state index in [9.17, 15) is 9.90 Å². The molecule has 2 aliphatic carbocycles. The van der Waals surface area contributed by atoms with Gasteiger partial charge in [-0.3, -0.25) is 4.79 Å². The van der Waals surface area contributed by atoms with Crippen LogP contribution in [0.3, 0.4) is 0 Å². The standard InChI is InChI=1S/C19H24N2O2/c22-18(13-6-7-13)20-11-8-14-12-21-16-5-3-4-15(17(14)16)19(23)9-1-2-10-19/h3-5,12-13,21,23H,1-2,6-11H2,(H,20,22). The minimum Gasteiger partial charge on any atom is -0.385 e. The molecule has 4 nitrogen and oxygen atoms in total. The Kier molecular flexibility index (Phi) is 3.64. The Morgan fingerprint density at radius 3 is 2.83 bits per heavy atom. The number of H-pyrrole nitrogens is 1. The number of aliphatic hydroxyl groups is 1. The van der Waals surface area contributed by atoms with Crippen molar-refractivity contribution in [3.05, 3.63) is 35.5 Å². The van der Waals surface area contributed by atoms with Crippen LogP contribution < -0.4 is 5.32 Å². The first kappa shape index (κ1) is 14.8. The summed E-state index contributed by atoms with van der Waals surface area (Å²) in [5.74, 6) is 0.451. The molecule has 2 fully saturated rings. The molecule has 0 saturated heterocycles. The molecule has 1 aromatic carbocycles. The molecule has 2 aromatic rings. The largest absolute Gasteiger partial charge is 0.385 e. The lowest BCUT2D eigenvalue weighted by Gasteiger charge is -2.24. The van der Waals surface area contributed by atoms with Gasteiger partial charge in [-0.25, -0.2) is 0 Å². The molecule has 0 aliphatic heterocycles. The molecule has 23 heavy (non-hydrogen) atoms. The summed E-state index contributed by atoms with van der Waals surface area (Å²) in [6.45, 7) is 0.662. The van der Waals surface area contributed by atoms with Crippen molar-refractivity contribution in [2.24, 2.45) is 5.92 Å². The van der Waals surface area contributed by atoms with Gasteiger partial charge in [0.05, 0.1) is 5.60 Å². The molecule has 2 aliphatic rings. The summed E-state index contributed by atoms with van der Waals surface area (Å²) in [5.41, 5.74) is 2.63. The van der Waals surface area contributed by atoms with E-state index < -0.39 is 5.60 Å². The number of fused-ring (bicyclic) bond motifs is 1. The Morgan fingerprint density at radius 1 is 1.30 bits per heavy atom. The first-order valence-corrected chi connectivity index (χ1v) is 8.77. The third kappa shape index (κ3) is 2.76. The van der Waals surface area contributed by atoms with E-state index in [2.05, 4.69) is 22.4 Å². The van der Waals surface area contributed by atoms with Crippen LogP contribution in [0.2, 0.25) is 0 Å². The Morgan fingerprint density at radius 2 is 2.09 bits per heavy atom. The second-order valence-corrected chi connectivity index (χ2v) is 7.10. The minimum atomic E-state index is -0.687. The minimum absolute atomic E-state index is 0.194. The average Bonchev–Trinajstić information content (AvgIpc) is 3.19. The van der Waals surface area contributed by atoms with E-state index in [-0.39, 0.29) is 11.8 Å². The lowest BCUT2D eigenvalue weighted by atomic mass is 9.88. The molecule has 1 aromatic heterocycles. The van der Waals surface area contributed by atoms with Crippen LogP contribution >= 0.6 is 0 Å². The van der Waals surface area contributed by atoms with Crippen LogP contribution in [0.25, 0.3) is 10.9 Å². The molecule has 0 bridgehead atoms. The molecule has 3 N–H and O–H groups in total. The third-order valence-corrected chi connectivity index (χ3v) is 5.36. The summed E-state index contributed by atoms with van der Waals surface area (Å²) in [4.78, 5) is 15.1. The van der Waals surface area contributed by atoms with Gasteiger partial charge < -0.3 is 15.4 Å². The number of hydrogen-bond donors (Lipinski definition) is 3. The first-order valence-electron chi connectivity index (χ1n) is 8.77. The molecule has 1 heterocycles. The molecular formula is C19H24N2O2. The van der Waals surface area contributed by atoms with E-state index in [1.54, 1.807) is 0 Å². The maximum absolute atomic E-state index is 11.8. The van der Waals surface area contributed by atoms with Gasteiger partial charge in [0.25, 0.3) is 0 Å². The van der Waals surface area contributed by atoms with Gasteiger partial charge in [0, 0.05) is 29.6 Å². The third-order valence-electron chi connectivity index (χ3n) is 5.36. The van der Waals surface area contributed by atoms with Gasteiger partial charge in [-0.15, -0.1) is 0 Å². The number of hydrogen-bond acceptors (Lipinski definition) is 2. The highest BCUT2D eigenvalue weighted by molar-refractivity contribution is 5.87. The summed E-state index contributed by atoms with van der Waals surface area (Å²) in [6, 6.07) is 6.14. The Labute approximate surface area is 136 Å². The fourth-order valence-electron chi connectivity index (χ4n) is 3.88. The molecule has 1 amide bonds. The van der Waals surface area contributed by atoms with E-state index in [0.717, 1.165) is 61.4 Å². The lowest BCUT2D eigenvalue weighted by molar-refractivity contribution is -0.122. The highest BCUT2D eigenvalue weighted by Gasteiger charge is 2.35. The zero-order valence-corrected chi connectivity index (χ0v) is 13.4. The highest BCUT2D eigenvalue weighted by atomic mass is 16.3. The Bertz CT molecular complexity index is 724. The van der Waals surface area contributed by atoms with Crippen molar-refractivity contribution in [3.63, 3.8) is 0 Å². The van der Waals surface area contributed by atoms with Crippen molar-refractivity contribution in [1.82, 2.24) is 10.3 Å². The summed E-state index contributed by atoms with van der Waals surface area (Å²) in [6.07, 6.45) is 8.76. The Balaban J connectivity index is 1.58. The van der Waals surface area contributed by atoms with Crippen molar-refractivity contribution in [2.45, 2.75) is 50.5 Å². The zero-order chi connectivity index (χ0) is 15.9. The van der Waals surface area contributed by atoms with Crippen molar-refractivity contribution in [1.29, 1.82) is 0 Å². The topological polar surface area (TPSA) is 65.1 Å². The van der Waals surface area contributed by atoms with Crippen molar-refractivity contribution < 1.29 is 9.90 Å². The van der Waals surface area contributed by atoms with Crippen LogP contribution in [0.4, 0.5) is 0 Å². The maximum Gasteiger partial charge on any atom is 0.223 e. The fourth-order valence-corrected chi connectivity index (χ4v) is 3.88. The number of aromatic nitrogens is 1. The van der Waals surface area contributed by atoms with Gasteiger partial charge in [-0.1, -0.05) is 25.0 Å². The molecule has 2 saturated carbocycles. The highest BCUT2D eigenvalue weighted by Crippen LogP contribution is 2.42. The number of amides is 1. The van der Waals surface area contributed by atoms with Gasteiger partial charge in [0.2, 0.25) is 5.91 Å². The lowest BCUT2D eigenvalue weighted by Crippen LogP contribution is -2.27. The van der Waals surface area contributed by atoms with Crippen molar-refractivity contribution >= 4 is 16.8 Å². The number of benzene rings is 1. The average molecular weight is 312 g/mol. The monoisotopic (exact) mass is 312 g/mol. The second-order valence-electron chi connectivity index (χ2n) is 7.10.